The van der Waals surface area contributed by atoms with Crippen LogP contribution in [0.1, 0.15) is 46.6 Å². The second-order valence-electron chi connectivity index (χ2n) is 9.86. The van der Waals surface area contributed by atoms with Crippen molar-refractivity contribution in [1.29, 1.82) is 0 Å². The van der Waals surface area contributed by atoms with Gasteiger partial charge in [-0.1, -0.05) is 50.2 Å². The van der Waals surface area contributed by atoms with Crippen LogP contribution in [-0.2, 0) is 4.79 Å². The minimum Gasteiger partial charge on any atom is -0.495 e. The molecule has 0 saturated carbocycles. The van der Waals surface area contributed by atoms with Gasteiger partial charge in [0.25, 0.3) is 5.91 Å². The molecule has 0 aliphatic carbocycles. The van der Waals surface area contributed by atoms with Crippen LogP contribution in [0, 0.1) is 5.92 Å². The molecule has 2 amide bonds. The van der Waals surface area contributed by atoms with E-state index in [1.54, 1.807) is 18.4 Å². The highest BCUT2D eigenvalue weighted by Gasteiger charge is 2.46. The Bertz CT molecular complexity index is 1220. The Balaban J connectivity index is 1.46. The van der Waals surface area contributed by atoms with Gasteiger partial charge < -0.3 is 19.4 Å². The van der Waals surface area contributed by atoms with Crippen molar-refractivity contribution in [2.24, 2.45) is 5.92 Å². The topological polar surface area (TPSA) is 53.1 Å². The van der Waals surface area contributed by atoms with Crippen molar-refractivity contribution in [2.75, 3.05) is 44.7 Å². The average molecular weight is 504 g/mol. The number of carbonyl (C=O) groups excluding carboxylic acids is 2. The lowest BCUT2D eigenvalue weighted by atomic mass is 9.80. The minimum atomic E-state index is -0.422. The summed E-state index contributed by atoms with van der Waals surface area (Å²) in [7, 11) is 1.69. The van der Waals surface area contributed by atoms with Crippen molar-refractivity contribution in [3.05, 3.63) is 82.0 Å². The zero-order valence-electron chi connectivity index (χ0n) is 21.1. The zero-order chi connectivity index (χ0) is 25.2. The van der Waals surface area contributed by atoms with Gasteiger partial charge in [-0.25, -0.2) is 0 Å². The summed E-state index contributed by atoms with van der Waals surface area (Å²) in [5, 5.41) is 2.03. The van der Waals surface area contributed by atoms with Crippen LogP contribution in [0.25, 0.3) is 0 Å². The quantitative estimate of drug-likeness (QED) is 0.473. The molecule has 2 aromatic carbocycles. The lowest BCUT2D eigenvalue weighted by Crippen LogP contribution is -2.53. The number of hydrogen-bond acceptors (Lipinski definition) is 5. The number of piperazine rings is 1. The van der Waals surface area contributed by atoms with Gasteiger partial charge in [0.15, 0.2) is 0 Å². The molecule has 0 radical (unpaired) electrons. The largest absolute Gasteiger partial charge is 0.495 e. The first-order valence-electron chi connectivity index (χ1n) is 12.6. The fourth-order valence-electron chi connectivity index (χ4n) is 5.48. The minimum absolute atomic E-state index is 0.0164. The predicted octanol–water partition coefficient (Wildman–Crippen LogP) is 5.04. The predicted molar refractivity (Wildman–Crippen MR) is 144 cm³/mol. The normalized spacial score (nSPS) is 20.0. The molecule has 3 aromatic rings. The van der Waals surface area contributed by atoms with Gasteiger partial charge in [-0.05, 0) is 41.1 Å². The zero-order valence-corrected chi connectivity index (χ0v) is 21.9. The smallest absolute Gasteiger partial charge is 0.254 e. The van der Waals surface area contributed by atoms with Crippen molar-refractivity contribution in [3.63, 3.8) is 0 Å². The van der Waals surface area contributed by atoms with Gasteiger partial charge in [0, 0.05) is 43.2 Å². The van der Waals surface area contributed by atoms with Gasteiger partial charge in [0.2, 0.25) is 5.91 Å². The van der Waals surface area contributed by atoms with E-state index in [0.29, 0.717) is 31.1 Å². The van der Waals surface area contributed by atoms with Crippen LogP contribution in [0.4, 0.5) is 5.69 Å². The number of methoxy groups -OCH3 is 1. The van der Waals surface area contributed by atoms with E-state index in [0.717, 1.165) is 35.0 Å². The molecular formula is C29H33N3O3S. The van der Waals surface area contributed by atoms with Gasteiger partial charge in [-0.2, -0.15) is 0 Å². The molecule has 1 saturated heterocycles. The van der Waals surface area contributed by atoms with E-state index in [1.165, 1.54) is 0 Å². The highest BCUT2D eigenvalue weighted by atomic mass is 32.1. The summed E-state index contributed by atoms with van der Waals surface area (Å²) in [5.74, 6) is 0.833. The van der Waals surface area contributed by atoms with E-state index in [1.807, 2.05) is 63.7 Å². The van der Waals surface area contributed by atoms with E-state index >= 15 is 0 Å². The van der Waals surface area contributed by atoms with Crippen molar-refractivity contribution >= 4 is 28.8 Å². The highest BCUT2D eigenvalue weighted by Crippen LogP contribution is 2.45. The molecule has 1 fully saturated rings. The maximum atomic E-state index is 14.3. The maximum Gasteiger partial charge on any atom is 0.254 e. The Morgan fingerprint density at radius 1 is 1.00 bits per heavy atom. The Hall–Kier alpha value is -3.32. The fraction of sp³-hybridized carbons (Fsp3) is 0.379. The number of benzene rings is 2. The third-order valence-corrected chi connectivity index (χ3v) is 8.06. The number of fused-ring (bicyclic) bond motifs is 1. The Morgan fingerprint density at radius 3 is 2.42 bits per heavy atom. The second kappa shape index (κ2) is 10.3. The maximum absolute atomic E-state index is 14.3. The second-order valence-corrected chi connectivity index (χ2v) is 10.8. The summed E-state index contributed by atoms with van der Waals surface area (Å²) < 4.78 is 5.56. The molecule has 36 heavy (non-hydrogen) atoms. The van der Waals surface area contributed by atoms with E-state index < -0.39 is 5.92 Å². The number of para-hydroxylation sites is 2. The Morgan fingerprint density at radius 2 is 1.72 bits per heavy atom. The fourth-order valence-corrected chi connectivity index (χ4v) is 6.36. The van der Waals surface area contributed by atoms with Gasteiger partial charge in [0.1, 0.15) is 5.75 Å². The number of nitrogens with zero attached hydrogens (tertiary/aromatic N) is 3. The summed E-state index contributed by atoms with van der Waals surface area (Å²) in [5.41, 5.74) is 2.55. The molecule has 1 aromatic heterocycles. The molecule has 0 unspecified atom stereocenters. The molecule has 7 heteroatoms. The van der Waals surface area contributed by atoms with Crippen molar-refractivity contribution in [2.45, 2.75) is 25.8 Å². The van der Waals surface area contributed by atoms with Crippen molar-refractivity contribution in [3.8, 4) is 5.75 Å². The van der Waals surface area contributed by atoms with Crippen LogP contribution in [0.3, 0.4) is 0 Å². The molecule has 0 spiro atoms. The van der Waals surface area contributed by atoms with Crippen LogP contribution in [0.15, 0.2) is 66.0 Å². The summed E-state index contributed by atoms with van der Waals surface area (Å²) >= 11 is 1.62. The standard InChI is InChI=1S/C29H33N3O3S/c1-20(2)19-32-27(25-13-8-18-36-25)26(21-9-4-5-10-22(21)28(32)33)29(34)31-16-14-30(15-17-31)23-11-6-7-12-24(23)35-3/h4-13,18,20,26-27H,14-17,19H2,1-3H3/t26-,27-/m0/s1. The molecule has 0 N–H and O–H groups in total. The SMILES string of the molecule is COc1ccccc1N1CCN(C(=O)[C@H]2c3ccccc3C(=O)N(CC(C)C)[C@H]2c2cccs2)CC1. The number of anilines is 1. The first kappa shape index (κ1) is 24.4. The lowest BCUT2D eigenvalue weighted by Gasteiger charge is -2.45. The number of amides is 2. The highest BCUT2D eigenvalue weighted by molar-refractivity contribution is 7.10. The molecule has 3 heterocycles. The van der Waals surface area contributed by atoms with Crippen LogP contribution in [-0.4, -0.2) is 61.4 Å². The number of ether oxygens (including phenoxy) is 1. The van der Waals surface area contributed by atoms with Gasteiger partial charge in [-0.15, -0.1) is 11.3 Å². The first-order valence-corrected chi connectivity index (χ1v) is 13.5. The monoisotopic (exact) mass is 503 g/mol. The van der Waals surface area contributed by atoms with Gasteiger partial charge in [0.05, 0.1) is 24.8 Å². The third-order valence-electron chi connectivity index (χ3n) is 7.12. The lowest BCUT2D eigenvalue weighted by molar-refractivity contribution is -0.135. The Labute approximate surface area is 217 Å². The van der Waals surface area contributed by atoms with Gasteiger partial charge >= 0.3 is 0 Å². The van der Waals surface area contributed by atoms with Crippen LogP contribution in [0.2, 0.25) is 0 Å². The summed E-state index contributed by atoms with van der Waals surface area (Å²) in [4.78, 5) is 35.2. The number of thiophene rings is 1. The molecule has 2 aliphatic heterocycles. The first-order chi connectivity index (χ1) is 17.5. The molecule has 6 nitrogen and oxygen atoms in total. The molecular weight excluding hydrogens is 470 g/mol. The number of carbonyl (C=O) groups is 2. The van der Waals surface area contributed by atoms with Gasteiger partial charge in [-0.3, -0.25) is 9.59 Å². The Kier molecular flexibility index (Phi) is 7.01. The molecule has 2 atom stereocenters. The van der Waals surface area contributed by atoms with E-state index in [9.17, 15) is 9.59 Å². The molecule has 0 bridgehead atoms. The van der Waals surface area contributed by atoms with Crippen molar-refractivity contribution in [1.82, 2.24) is 9.80 Å². The van der Waals surface area contributed by atoms with Crippen LogP contribution >= 0.6 is 11.3 Å². The van der Waals surface area contributed by atoms with Crippen LogP contribution < -0.4 is 9.64 Å². The summed E-state index contributed by atoms with van der Waals surface area (Å²) in [6.45, 7) is 7.58. The molecule has 188 valence electrons. The van der Waals surface area contributed by atoms with E-state index in [2.05, 4.69) is 30.9 Å². The van der Waals surface area contributed by atoms with Crippen molar-refractivity contribution < 1.29 is 14.3 Å². The molecule has 2 aliphatic rings. The number of rotatable bonds is 6. The third kappa shape index (κ3) is 4.48. The number of hydrogen-bond donors (Lipinski definition) is 0. The summed E-state index contributed by atoms with van der Waals surface area (Å²) in [6.07, 6.45) is 0. The van der Waals surface area contributed by atoms with E-state index in [4.69, 9.17) is 4.74 Å². The summed E-state index contributed by atoms with van der Waals surface area (Å²) in [6, 6.07) is 19.5. The van der Waals surface area contributed by atoms with Crippen LogP contribution in [0.5, 0.6) is 5.75 Å². The molecule has 5 rings (SSSR count). The average Bonchev–Trinajstić information content (AvgIpc) is 3.44. The van der Waals surface area contributed by atoms with E-state index in [-0.39, 0.29) is 17.9 Å².